The molecule has 0 aliphatic carbocycles. The topological polar surface area (TPSA) is 78.9 Å². The van der Waals surface area contributed by atoms with Crippen LogP contribution in [0.15, 0.2) is 0 Å². The molecule has 6 nitrogen and oxygen atoms in total. The van der Waals surface area contributed by atoms with E-state index in [1.54, 1.807) is 12.0 Å². The van der Waals surface area contributed by atoms with Gasteiger partial charge in [-0.15, -0.1) is 0 Å². The molecule has 116 valence electrons. The van der Waals surface area contributed by atoms with Crippen LogP contribution >= 0.6 is 0 Å². The molecule has 20 heavy (non-hydrogen) atoms. The minimum absolute atomic E-state index is 0.0217. The summed E-state index contributed by atoms with van der Waals surface area (Å²) in [5.41, 5.74) is -0.762. The van der Waals surface area contributed by atoms with Gasteiger partial charge in [-0.2, -0.15) is 0 Å². The molecule has 1 fully saturated rings. The molecular weight excluding hydrogens is 260 g/mol. The smallest absolute Gasteiger partial charge is 0.317 e. The molecule has 2 N–H and O–H groups in total. The Morgan fingerprint density at radius 3 is 2.75 bits per heavy atom. The van der Waals surface area contributed by atoms with Crippen LogP contribution in [0.4, 0.5) is 4.79 Å². The van der Waals surface area contributed by atoms with Crippen molar-refractivity contribution in [2.24, 2.45) is 5.41 Å². The first kappa shape index (κ1) is 16.8. The Hall–Kier alpha value is -1.30. The number of carbonyl (C=O) groups is 2. The van der Waals surface area contributed by atoms with Crippen molar-refractivity contribution >= 4 is 12.0 Å². The highest BCUT2D eigenvalue weighted by Crippen LogP contribution is 2.35. The predicted molar refractivity (Wildman–Crippen MR) is 75.7 cm³/mol. The second-order valence-electron chi connectivity index (χ2n) is 5.64. The van der Waals surface area contributed by atoms with Crippen molar-refractivity contribution < 1.29 is 19.4 Å². The standard InChI is InChI=1S/C14H26N2O4/c1-4-6-14(12(17)18)7-8-16(10-14)13(19)15-11(2)5-9-20-3/h11H,4-10H2,1-3H3,(H,15,19)(H,17,18). The van der Waals surface area contributed by atoms with Crippen molar-refractivity contribution in [2.75, 3.05) is 26.8 Å². The lowest BCUT2D eigenvalue weighted by atomic mass is 9.83. The minimum Gasteiger partial charge on any atom is -0.481 e. The van der Waals surface area contributed by atoms with Crippen molar-refractivity contribution in [1.29, 1.82) is 0 Å². The van der Waals surface area contributed by atoms with Crippen molar-refractivity contribution in [3.63, 3.8) is 0 Å². The summed E-state index contributed by atoms with van der Waals surface area (Å²) < 4.78 is 4.97. The summed E-state index contributed by atoms with van der Waals surface area (Å²) in [6.45, 7) is 5.30. The molecule has 0 aromatic carbocycles. The fourth-order valence-corrected chi connectivity index (χ4v) is 2.68. The number of nitrogens with zero attached hydrogens (tertiary/aromatic N) is 1. The Kier molecular flexibility index (Phi) is 6.26. The molecule has 0 aromatic rings. The number of carbonyl (C=O) groups excluding carboxylic acids is 1. The van der Waals surface area contributed by atoms with Gasteiger partial charge in [-0.1, -0.05) is 13.3 Å². The molecular formula is C14H26N2O4. The fourth-order valence-electron chi connectivity index (χ4n) is 2.68. The quantitative estimate of drug-likeness (QED) is 0.746. The number of nitrogens with one attached hydrogen (secondary N) is 1. The number of hydrogen-bond acceptors (Lipinski definition) is 3. The first-order valence-corrected chi connectivity index (χ1v) is 7.23. The maximum atomic E-state index is 12.1. The molecule has 2 amide bonds. The third kappa shape index (κ3) is 4.10. The summed E-state index contributed by atoms with van der Waals surface area (Å²) in [6.07, 6.45) is 2.71. The lowest BCUT2D eigenvalue weighted by Gasteiger charge is -2.25. The molecule has 2 unspecified atom stereocenters. The molecule has 2 atom stereocenters. The van der Waals surface area contributed by atoms with E-state index in [-0.39, 0.29) is 12.1 Å². The van der Waals surface area contributed by atoms with Crippen LogP contribution < -0.4 is 5.32 Å². The van der Waals surface area contributed by atoms with Gasteiger partial charge < -0.3 is 20.1 Å². The molecule has 1 rings (SSSR count). The van der Waals surface area contributed by atoms with Gasteiger partial charge in [-0.25, -0.2) is 4.79 Å². The summed E-state index contributed by atoms with van der Waals surface area (Å²) in [7, 11) is 1.63. The first-order chi connectivity index (χ1) is 9.45. The van der Waals surface area contributed by atoms with E-state index in [1.807, 2.05) is 13.8 Å². The van der Waals surface area contributed by atoms with Crippen molar-refractivity contribution in [1.82, 2.24) is 10.2 Å². The van der Waals surface area contributed by atoms with Gasteiger partial charge in [0, 0.05) is 32.8 Å². The summed E-state index contributed by atoms with van der Waals surface area (Å²) in [4.78, 5) is 25.2. The van der Waals surface area contributed by atoms with E-state index in [0.29, 0.717) is 32.5 Å². The lowest BCUT2D eigenvalue weighted by molar-refractivity contribution is -0.148. The van der Waals surface area contributed by atoms with Crippen LogP contribution in [0.2, 0.25) is 0 Å². The fraction of sp³-hybridized carbons (Fsp3) is 0.857. The molecule has 0 bridgehead atoms. The van der Waals surface area contributed by atoms with Crippen molar-refractivity contribution in [3.8, 4) is 0 Å². The summed E-state index contributed by atoms with van der Waals surface area (Å²) >= 11 is 0. The van der Waals surface area contributed by atoms with Crippen molar-refractivity contribution in [2.45, 2.75) is 45.6 Å². The van der Waals surface area contributed by atoms with Crippen LogP contribution in [0.3, 0.4) is 0 Å². The summed E-state index contributed by atoms with van der Waals surface area (Å²) in [5, 5.41) is 12.3. The molecule has 0 radical (unpaired) electrons. The van der Waals surface area contributed by atoms with Gasteiger partial charge in [-0.05, 0) is 26.2 Å². The third-order valence-corrected chi connectivity index (χ3v) is 3.95. The van der Waals surface area contributed by atoms with Gasteiger partial charge >= 0.3 is 12.0 Å². The largest absolute Gasteiger partial charge is 0.481 e. The second-order valence-corrected chi connectivity index (χ2v) is 5.64. The number of urea groups is 1. The molecule has 0 saturated carbocycles. The number of methoxy groups -OCH3 is 1. The number of carboxylic acid groups (broad SMARTS) is 1. The zero-order valence-electron chi connectivity index (χ0n) is 12.6. The number of aliphatic carboxylic acids is 1. The van der Waals surface area contributed by atoms with E-state index in [9.17, 15) is 14.7 Å². The Labute approximate surface area is 120 Å². The highest BCUT2D eigenvalue weighted by Gasteiger charge is 2.45. The molecule has 1 aliphatic heterocycles. The van der Waals surface area contributed by atoms with Crippen LogP contribution in [0, 0.1) is 5.41 Å². The maximum Gasteiger partial charge on any atom is 0.317 e. The van der Waals surface area contributed by atoms with Gasteiger partial charge in [0.2, 0.25) is 0 Å². The van der Waals surface area contributed by atoms with Gasteiger partial charge in [0.1, 0.15) is 0 Å². The molecule has 0 spiro atoms. The van der Waals surface area contributed by atoms with Crippen LogP contribution in [0.5, 0.6) is 0 Å². The highest BCUT2D eigenvalue weighted by atomic mass is 16.5. The highest BCUT2D eigenvalue weighted by molar-refractivity contribution is 5.79. The average Bonchev–Trinajstić information content (AvgIpc) is 2.82. The number of rotatable bonds is 7. The Morgan fingerprint density at radius 1 is 1.50 bits per heavy atom. The van der Waals surface area contributed by atoms with E-state index < -0.39 is 11.4 Å². The van der Waals surface area contributed by atoms with Crippen LogP contribution in [0.1, 0.15) is 39.5 Å². The third-order valence-electron chi connectivity index (χ3n) is 3.95. The van der Waals surface area contributed by atoms with Gasteiger partial charge in [-0.3, -0.25) is 4.79 Å². The Bertz CT molecular complexity index is 348. The lowest BCUT2D eigenvalue weighted by Crippen LogP contribution is -2.45. The average molecular weight is 286 g/mol. The summed E-state index contributed by atoms with van der Waals surface area (Å²) in [6, 6.07) is -0.152. The Morgan fingerprint density at radius 2 is 2.20 bits per heavy atom. The van der Waals surface area contributed by atoms with E-state index in [2.05, 4.69) is 5.32 Å². The van der Waals surface area contributed by atoms with E-state index in [0.717, 1.165) is 12.8 Å². The minimum atomic E-state index is -0.790. The van der Waals surface area contributed by atoms with Crippen LogP contribution in [-0.2, 0) is 9.53 Å². The van der Waals surface area contributed by atoms with Crippen LogP contribution in [0.25, 0.3) is 0 Å². The predicted octanol–water partition coefficient (Wildman–Crippen LogP) is 1.70. The first-order valence-electron chi connectivity index (χ1n) is 7.23. The number of carboxylic acids is 1. The van der Waals surface area contributed by atoms with E-state index in [4.69, 9.17) is 4.74 Å². The number of hydrogen-bond donors (Lipinski definition) is 2. The van der Waals surface area contributed by atoms with Crippen molar-refractivity contribution in [3.05, 3.63) is 0 Å². The zero-order chi connectivity index (χ0) is 15.2. The number of ether oxygens (including phenoxy) is 1. The van der Waals surface area contributed by atoms with Crippen LogP contribution in [-0.4, -0.2) is 54.9 Å². The van der Waals surface area contributed by atoms with E-state index in [1.165, 1.54) is 0 Å². The number of likely N-dealkylation sites (tertiary alicyclic amines) is 1. The number of amides is 2. The molecule has 1 saturated heterocycles. The monoisotopic (exact) mass is 286 g/mol. The maximum absolute atomic E-state index is 12.1. The van der Waals surface area contributed by atoms with Gasteiger partial charge in [0.05, 0.1) is 5.41 Å². The Balaban J connectivity index is 2.53. The second kappa shape index (κ2) is 7.47. The molecule has 1 aliphatic rings. The van der Waals surface area contributed by atoms with Gasteiger partial charge in [0.15, 0.2) is 0 Å². The normalized spacial score (nSPS) is 23.6. The van der Waals surface area contributed by atoms with E-state index >= 15 is 0 Å². The SMILES string of the molecule is CCCC1(C(=O)O)CCN(C(=O)NC(C)CCOC)C1. The zero-order valence-corrected chi connectivity index (χ0v) is 12.6. The molecule has 6 heteroatoms. The molecule has 0 aromatic heterocycles. The molecule has 1 heterocycles. The van der Waals surface area contributed by atoms with Gasteiger partial charge in [0.25, 0.3) is 0 Å². The summed E-state index contributed by atoms with van der Waals surface area (Å²) in [5.74, 6) is -0.790.